The van der Waals surface area contributed by atoms with Crippen molar-refractivity contribution in [2.45, 2.75) is 32.5 Å². The van der Waals surface area contributed by atoms with Gasteiger partial charge >= 0.3 is 12.1 Å². The van der Waals surface area contributed by atoms with E-state index in [9.17, 15) is 9.59 Å². The van der Waals surface area contributed by atoms with E-state index in [-0.39, 0.29) is 0 Å². The van der Waals surface area contributed by atoms with Gasteiger partial charge in [0.1, 0.15) is 12.2 Å². The van der Waals surface area contributed by atoms with Gasteiger partial charge in [0.15, 0.2) is 0 Å². The second-order valence-electron chi connectivity index (χ2n) is 4.21. The summed E-state index contributed by atoms with van der Waals surface area (Å²) in [7, 11) is 0. The number of carbonyl (C=O) groups is 2. The van der Waals surface area contributed by atoms with Crippen LogP contribution >= 0.6 is 11.6 Å². The Morgan fingerprint density at radius 1 is 1.16 bits per heavy atom. The highest BCUT2D eigenvalue weighted by Crippen LogP contribution is 2.13. The Bertz CT molecular complexity index is 446. The van der Waals surface area contributed by atoms with Gasteiger partial charge in [0.2, 0.25) is 0 Å². The number of benzene rings is 1. The number of hydrogen-bond donors (Lipinski definition) is 1. The quantitative estimate of drug-likeness (QED) is 0.844. The summed E-state index contributed by atoms with van der Waals surface area (Å²) in [4.78, 5) is 22.3. The molecule has 2 atom stereocenters. The van der Waals surface area contributed by atoms with Gasteiger partial charge in [0, 0.05) is 11.4 Å². The van der Waals surface area contributed by atoms with Gasteiger partial charge in [-0.25, -0.2) is 9.59 Å². The van der Waals surface area contributed by atoms with Crippen LogP contribution in [0.25, 0.3) is 0 Å². The van der Waals surface area contributed by atoms with Gasteiger partial charge in [-0.1, -0.05) is 11.6 Å². The van der Waals surface area contributed by atoms with Crippen LogP contribution in [0.1, 0.15) is 30.6 Å². The lowest BCUT2D eigenvalue weighted by Gasteiger charge is -2.17. The number of amides is 1. The van der Waals surface area contributed by atoms with Crippen molar-refractivity contribution in [1.29, 1.82) is 0 Å². The van der Waals surface area contributed by atoms with Gasteiger partial charge in [-0.05, 0) is 38.1 Å². The van der Waals surface area contributed by atoms with E-state index in [0.717, 1.165) is 0 Å². The molecule has 0 aliphatic heterocycles. The summed E-state index contributed by atoms with van der Waals surface area (Å²) in [5, 5.41) is 0.549. The Hall–Kier alpha value is -1.75. The zero-order valence-electron chi connectivity index (χ0n) is 10.8. The lowest BCUT2D eigenvalue weighted by molar-refractivity contribution is 0.0197. The van der Waals surface area contributed by atoms with Crippen molar-refractivity contribution in [2.24, 2.45) is 5.73 Å². The van der Waals surface area contributed by atoms with Gasteiger partial charge in [0.05, 0.1) is 5.56 Å². The van der Waals surface area contributed by atoms with E-state index in [2.05, 4.69) is 0 Å². The first-order valence-electron chi connectivity index (χ1n) is 5.81. The maximum atomic E-state index is 11.8. The Labute approximate surface area is 116 Å². The molecular weight excluding hydrogens is 270 g/mol. The number of halogens is 1. The van der Waals surface area contributed by atoms with E-state index in [1.807, 2.05) is 0 Å². The summed E-state index contributed by atoms with van der Waals surface area (Å²) in [6.07, 6.45) is -1.27. The third-order valence-corrected chi connectivity index (χ3v) is 2.62. The van der Waals surface area contributed by atoms with Crippen LogP contribution in [0.2, 0.25) is 5.02 Å². The van der Waals surface area contributed by atoms with E-state index in [1.165, 1.54) is 0 Å². The minimum Gasteiger partial charge on any atom is -0.459 e. The van der Waals surface area contributed by atoms with Crippen LogP contribution in [-0.4, -0.2) is 24.3 Å². The van der Waals surface area contributed by atoms with Gasteiger partial charge in [-0.15, -0.1) is 0 Å². The molecule has 0 saturated heterocycles. The molecule has 0 aliphatic rings. The highest BCUT2D eigenvalue weighted by Gasteiger charge is 2.16. The molecular formula is C13H16ClNO4. The average Bonchev–Trinajstić information content (AvgIpc) is 2.27. The predicted molar refractivity (Wildman–Crippen MR) is 71.1 cm³/mol. The Balaban J connectivity index is 2.47. The molecule has 0 fully saturated rings. The average molecular weight is 286 g/mol. The van der Waals surface area contributed by atoms with Gasteiger partial charge in [-0.2, -0.15) is 0 Å². The van der Waals surface area contributed by atoms with Crippen molar-refractivity contribution in [3.63, 3.8) is 0 Å². The topological polar surface area (TPSA) is 78.6 Å². The molecule has 0 aliphatic carbocycles. The van der Waals surface area contributed by atoms with Crippen molar-refractivity contribution < 1.29 is 19.1 Å². The van der Waals surface area contributed by atoms with Crippen LogP contribution < -0.4 is 5.73 Å². The van der Waals surface area contributed by atoms with Crippen molar-refractivity contribution >= 4 is 23.7 Å². The first-order chi connectivity index (χ1) is 8.88. The fourth-order valence-corrected chi connectivity index (χ4v) is 1.72. The molecule has 104 valence electrons. The fraction of sp³-hybridized carbons (Fsp3) is 0.385. The summed E-state index contributed by atoms with van der Waals surface area (Å²) in [5.74, 6) is -0.449. The maximum absolute atomic E-state index is 11.8. The van der Waals surface area contributed by atoms with Crippen molar-refractivity contribution in [3.8, 4) is 0 Å². The fourth-order valence-electron chi connectivity index (χ4n) is 1.60. The Morgan fingerprint density at radius 3 is 2.21 bits per heavy atom. The summed E-state index contributed by atoms with van der Waals surface area (Å²) < 4.78 is 9.97. The zero-order chi connectivity index (χ0) is 14.4. The Kier molecular flexibility index (Phi) is 5.63. The molecule has 2 unspecified atom stereocenters. The largest absolute Gasteiger partial charge is 0.459 e. The summed E-state index contributed by atoms with van der Waals surface area (Å²) >= 11 is 5.73. The normalized spacial score (nSPS) is 13.4. The van der Waals surface area contributed by atoms with E-state index < -0.39 is 24.3 Å². The zero-order valence-corrected chi connectivity index (χ0v) is 11.5. The standard InChI is InChI=1S/C13H16ClNO4/c1-8(7-9(2)19-13(15)17)18-12(16)10-3-5-11(14)6-4-10/h3-6,8-9H,7H2,1-2H3,(H2,15,17). The SMILES string of the molecule is CC(CC(C)OC(=O)c1ccc(Cl)cc1)OC(N)=O. The smallest absolute Gasteiger partial charge is 0.404 e. The molecule has 0 radical (unpaired) electrons. The highest BCUT2D eigenvalue weighted by atomic mass is 35.5. The molecule has 2 N–H and O–H groups in total. The number of carbonyl (C=O) groups excluding carboxylic acids is 2. The van der Waals surface area contributed by atoms with E-state index >= 15 is 0 Å². The van der Waals surface area contributed by atoms with Crippen LogP contribution in [0, 0.1) is 0 Å². The lowest BCUT2D eigenvalue weighted by atomic mass is 10.2. The van der Waals surface area contributed by atoms with Crippen LogP contribution in [0.15, 0.2) is 24.3 Å². The molecule has 1 rings (SSSR count). The van der Waals surface area contributed by atoms with Crippen LogP contribution in [0.3, 0.4) is 0 Å². The molecule has 1 aromatic carbocycles. The minimum absolute atomic E-state index is 0.377. The second-order valence-corrected chi connectivity index (χ2v) is 4.64. The minimum atomic E-state index is -0.844. The first kappa shape index (κ1) is 15.3. The third-order valence-electron chi connectivity index (χ3n) is 2.37. The van der Waals surface area contributed by atoms with Crippen molar-refractivity contribution in [1.82, 2.24) is 0 Å². The van der Waals surface area contributed by atoms with E-state index in [4.69, 9.17) is 26.8 Å². The lowest BCUT2D eigenvalue weighted by Crippen LogP contribution is -2.25. The van der Waals surface area contributed by atoms with E-state index in [0.29, 0.717) is 17.0 Å². The number of ether oxygens (including phenoxy) is 2. The highest BCUT2D eigenvalue weighted by molar-refractivity contribution is 6.30. The summed E-state index contributed by atoms with van der Waals surface area (Å²) in [6.45, 7) is 3.39. The van der Waals surface area contributed by atoms with Crippen LogP contribution in [-0.2, 0) is 9.47 Å². The third kappa shape index (κ3) is 5.61. The first-order valence-corrected chi connectivity index (χ1v) is 6.19. The maximum Gasteiger partial charge on any atom is 0.404 e. The molecule has 6 heteroatoms. The van der Waals surface area contributed by atoms with Crippen molar-refractivity contribution in [3.05, 3.63) is 34.9 Å². The molecule has 1 aromatic rings. The molecule has 0 saturated carbocycles. The molecule has 0 aromatic heterocycles. The molecule has 0 heterocycles. The molecule has 1 amide bonds. The van der Waals surface area contributed by atoms with Crippen LogP contribution in [0.5, 0.6) is 0 Å². The van der Waals surface area contributed by atoms with Crippen LogP contribution in [0.4, 0.5) is 4.79 Å². The number of esters is 1. The summed E-state index contributed by atoms with van der Waals surface area (Å²) in [5.41, 5.74) is 5.31. The van der Waals surface area contributed by atoms with Gasteiger partial charge < -0.3 is 15.2 Å². The molecule has 5 nitrogen and oxygen atoms in total. The monoisotopic (exact) mass is 285 g/mol. The molecule has 0 spiro atoms. The summed E-state index contributed by atoms with van der Waals surface area (Å²) in [6, 6.07) is 6.39. The number of rotatable bonds is 5. The molecule has 0 bridgehead atoms. The van der Waals surface area contributed by atoms with Gasteiger partial charge in [-0.3, -0.25) is 0 Å². The van der Waals surface area contributed by atoms with Crippen molar-refractivity contribution in [2.75, 3.05) is 0 Å². The van der Waals surface area contributed by atoms with Gasteiger partial charge in [0.25, 0.3) is 0 Å². The number of nitrogens with two attached hydrogens (primary N) is 1. The van der Waals surface area contributed by atoms with E-state index in [1.54, 1.807) is 38.1 Å². The second kappa shape index (κ2) is 6.99. The number of hydrogen-bond acceptors (Lipinski definition) is 4. The predicted octanol–water partition coefficient (Wildman–Crippen LogP) is 2.76. The Morgan fingerprint density at radius 2 is 1.68 bits per heavy atom. The molecule has 19 heavy (non-hydrogen) atoms. The number of primary amides is 1.